The Kier molecular flexibility index (Phi) is 4.30. The van der Waals surface area contributed by atoms with E-state index in [4.69, 9.17) is 5.73 Å². The van der Waals surface area contributed by atoms with Gasteiger partial charge >= 0.3 is 0 Å². The molecule has 1 aromatic rings. The van der Waals surface area contributed by atoms with Crippen molar-refractivity contribution in [3.8, 4) is 0 Å². The van der Waals surface area contributed by atoms with E-state index < -0.39 is 5.60 Å². The first kappa shape index (κ1) is 14.1. The van der Waals surface area contributed by atoms with Gasteiger partial charge in [0, 0.05) is 6.54 Å². The molecule has 0 saturated heterocycles. The summed E-state index contributed by atoms with van der Waals surface area (Å²) in [4.78, 5) is 0. The Labute approximate surface area is 114 Å². The van der Waals surface area contributed by atoms with Crippen molar-refractivity contribution in [3.63, 3.8) is 0 Å². The van der Waals surface area contributed by atoms with E-state index in [1.54, 1.807) is 0 Å². The fraction of sp³-hybridized carbons (Fsp3) is 0.600. The standard InChI is InChI=1S/C15H23FN2O/c1-2-11-5-7-15(19,8-6-11)10-18-14-9-12(16)3-4-13(14)17/h3-4,9,11,18-19H,2,5-8,10,17H2,1H3. The zero-order chi connectivity index (χ0) is 13.9. The van der Waals surface area contributed by atoms with Crippen LogP contribution in [-0.2, 0) is 0 Å². The lowest BCUT2D eigenvalue weighted by Gasteiger charge is -2.36. The number of nitrogens with two attached hydrogens (primary N) is 1. The number of anilines is 2. The Balaban J connectivity index is 1.93. The van der Waals surface area contributed by atoms with Gasteiger partial charge < -0.3 is 16.2 Å². The normalized spacial score (nSPS) is 27.2. The number of halogens is 1. The Hall–Kier alpha value is -1.29. The van der Waals surface area contributed by atoms with E-state index in [1.165, 1.54) is 24.6 Å². The van der Waals surface area contributed by atoms with Crippen LogP contribution in [0.5, 0.6) is 0 Å². The number of nitrogens with one attached hydrogen (secondary N) is 1. The van der Waals surface area contributed by atoms with Crippen LogP contribution >= 0.6 is 0 Å². The molecule has 1 aliphatic rings. The first-order chi connectivity index (χ1) is 9.02. The van der Waals surface area contributed by atoms with Crippen molar-refractivity contribution in [2.45, 2.75) is 44.6 Å². The molecular weight excluding hydrogens is 243 g/mol. The Morgan fingerprint density at radius 1 is 1.42 bits per heavy atom. The third kappa shape index (κ3) is 3.60. The molecule has 0 atom stereocenters. The lowest BCUT2D eigenvalue weighted by molar-refractivity contribution is 0.00230. The van der Waals surface area contributed by atoms with Gasteiger partial charge in [0.25, 0.3) is 0 Å². The number of hydrogen-bond acceptors (Lipinski definition) is 3. The summed E-state index contributed by atoms with van der Waals surface area (Å²) in [5.41, 5.74) is 6.16. The molecule has 0 heterocycles. The Bertz CT molecular complexity index is 428. The number of nitrogen functional groups attached to an aromatic ring is 1. The van der Waals surface area contributed by atoms with Gasteiger partial charge in [-0.15, -0.1) is 0 Å². The zero-order valence-electron chi connectivity index (χ0n) is 11.5. The molecule has 0 spiro atoms. The van der Waals surface area contributed by atoms with Crippen LogP contribution in [0.1, 0.15) is 39.0 Å². The first-order valence-electron chi connectivity index (χ1n) is 7.04. The maximum absolute atomic E-state index is 13.1. The van der Waals surface area contributed by atoms with Gasteiger partial charge in [-0.3, -0.25) is 0 Å². The van der Waals surface area contributed by atoms with Crippen molar-refractivity contribution in [2.75, 3.05) is 17.6 Å². The van der Waals surface area contributed by atoms with E-state index in [9.17, 15) is 9.50 Å². The summed E-state index contributed by atoms with van der Waals surface area (Å²) in [6.45, 7) is 2.62. The first-order valence-corrected chi connectivity index (χ1v) is 7.04. The molecule has 3 nitrogen and oxygen atoms in total. The minimum absolute atomic E-state index is 0.321. The second kappa shape index (κ2) is 5.78. The Morgan fingerprint density at radius 2 is 2.11 bits per heavy atom. The largest absolute Gasteiger partial charge is 0.397 e. The highest BCUT2D eigenvalue weighted by Gasteiger charge is 2.32. The summed E-state index contributed by atoms with van der Waals surface area (Å²) in [5.74, 6) is 0.415. The highest BCUT2D eigenvalue weighted by Crippen LogP contribution is 2.34. The maximum Gasteiger partial charge on any atom is 0.125 e. The summed E-state index contributed by atoms with van der Waals surface area (Å²) in [6, 6.07) is 4.24. The van der Waals surface area contributed by atoms with Gasteiger partial charge in [-0.2, -0.15) is 0 Å². The Morgan fingerprint density at radius 3 is 2.74 bits per heavy atom. The summed E-state index contributed by atoms with van der Waals surface area (Å²) in [6.07, 6.45) is 4.91. The van der Waals surface area contributed by atoms with E-state index in [-0.39, 0.29) is 5.82 Å². The minimum Gasteiger partial charge on any atom is -0.397 e. The molecule has 106 valence electrons. The van der Waals surface area contributed by atoms with Crippen LogP contribution in [0.4, 0.5) is 15.8 Å². The van der Waals surface area contributed by atoms with Crippen molar-refractivity contribution in [2.24, 2.45) is 5.92 Å². The average Bonchev–Trinajstić information content (AvgIpc) is 2.41. The molecule has 0 unspecified atom stereocenters. The third-order valence-corrected chi connectivity index (χ3v) is 4.24. The molecule has 0 aromatic heterocycles. The lowest BCUT2D eigenvalue weighted by atomic mass is 9.78. The van der Waals surface area contributed by atoms with Gasteiger partial charge in [0.15, 0.2) is 0 Å². The smallest absolute Gasteiger partial charge is 0.125 e. The van der Waals surface area contributed by atoms with E-state index in [1.807, 2.05) is 0 Å². The molecule has 1 aromatic carbocycles. The van der Waals surface area contributed by atoms with E-state index >= 15 is 0 Å². The summed E-state index contributed by atoms with van der Waals surface area (Å²) in [7, 11) is 0. The fourth-order valence-corrected chi connectivity index (χ4v) is 2.74. The summed E-state index contributed by atoms with van der Waals surface area (Å²) in [5, 5.41) is 13.6. The van der Waals surface area contributed by atoms with E-state index in [0.717, 1.165) is 31.6 Å². The van der Waals surface area contributed by atoms with Gasteiger partial charge in [0.2, 0.25) is 0 Å². The second-order valence-corrected chi connectivity index (χ2v) is 5.66. The van der Waals surface area contributed by atoms with Gasteiger partial charge in [0.05, 0.1) is 17.0 Å². The fourth-order valence-electron chi connectivity index (χ4n) is 2.74. The zero-order valence-corrected chi connectivity index (χ0v) is 11.5. The number of hydrogen-bond donors (Lipinski definition) is 3. The highest BCUT2D eigenvalue weighted by molar-refractivity contribution is 5.65. The number of benzene rings is 1. The van der Waals surface area contributed by atoms with Crippen LogP contribution in [-0.4, -0.2) is 17.3 Å². The summed E-state index contributed by atoms with van der Waals surface area (Å²) < 4.78 is 13.1. The van der Waals surface area contributed by atoms with Crippen LogP contribution in [0.15, 0.2) is 18.2 Å². The monoisotopic (exact) mass is 266 g/mol. The predicted molar refractivity (Wildman–Crippen MR) is 76.5 cm³/mol. The molecule has 0 radical (unpaired) electrons. The van der Waals surface area contributed by atoms with Crippen molar-refractivity contribution >= 4 is 11.4 Å². The van der Waals surface area contributed by atoms with E-state index in [0.29, 0.717) is 17.9 Å². The summed E-state index contributed by atoms with van der Waals surface area (Å²) >= 11 is 0. The molecule has 1 fully saturated rings. The van der Waals surface area contributed by atoms with Crippen molar-refractivity contribution in [1.29, 1.82) is 0 Å². The molecule has 19 heavy (non-hydrogen) atoms. The van der Waals surface area contributed by atoms with Crippen molar-refractivity contribution in [1.82, 2.24) is 0 Å². The van der Waals surface area contributed by atoms with Crippen LogP contribution in [0.3, 0.4) is 0 Å². The molecule has 4 N–H and O–H groups in total. The lowest BCUT2D eigenvalue weighted by Crippen LogP contribution is -2.40. The molecule has 0 aliphatic heterocycles. The molecule has 0 bridgehead atoms. The van der Waals surface area contributed by atoms with Crippen LogP contribution in [0, 0.1) is 11.7 Å². The quantitative estimate of drug-likeness (QED) is 0.734. The molecule has 4 heteroatoms. The molecule has 1 saturated carbocycles. The molecular formula is C15H23FN2O. The number of rotatable bonds is 4. The van der Waals surface area contributed by atoms with Crippen LogP contribution < -0.4 is 11.1 Å². The minimum atomic E-state index is -0.690. The van der Waals surface area contributed by atoms with Crippen LogP contribution in [0.2, 0.25) is 0 Å². The van der Waals surface area contributed by atoms with Crippen molar-refractivity contribution < 1.29 is 9.50 Å². The van der Waals surface area contributed by atoms with Crippen molar-refractivity contribution in [3.05, 3.63) is 24.0 Å². The molecule has 1 aliphatic carbocycles. The second-order valence-electron chi connectivity index (χ2n) is 5.66. The van der Waals surface area contributed by atoms with Gasteiger partial charge in [-0.05, 0) is 49.8 Å². The van der Waals surface area contributed by atoms with Gasteiger partial charge in [-0.25, -0.2) is 4.39 Å². The van der Waals surface area contributed by atoms with Gasteiger partial charge in [0.1, 0.15) is 5.82 Å². The molecule has 0 amide bonds. The SMILES string of the molecule is CCC1CCC(O)(CNc2cc(F)ccc2N)CC1. The van der Waals surface area contributed by atoms with Crippen LogP contribution in [0.25, 0.3) is 0 Å². The van der Waals surface area contributed by atoms with E-state index in [2.05, 4.69) is 12.2 Å². The average molecular weight is 266 g/mol. The highest BCUT2D eigenvalue weighted by atomic mass is 19.1. The predicted octanol–water partition coefficient (Wildman–Crippen LogP) is 3.15. The topological polar surface area (TPSA) is 58.3 Å². The number of aliphatic hydroxyl groups is 1. The maximum atomic E-state index is 13.1. The van der Waals surface area contributed by atoms with Gasteiger partial charge in [-0.1, -0.05) is 13.3 Å². The molecule has 2 rings (SSSR count). The third-order valence-electron chi connectivity index (χ3n) is 4.24.